The maximum atomic E-state index is 11.3. The first-order chi connectivity index (χ1) is 22.8. The molecule has 18 heteroatoms. The highest BCUT2D eigenvalue weighted by Crippen LogP contribution is 2.39. The van der Waals surface area contributed by atoms with Crippen LogP contribution in [-0.2, 0) is 34.3 Å². The second kappa shape index (κ2) is 22.8. The lowest BCUT2D eigenvalue weighted by molar-refractivity contribution is -0.165. The standard InChI is InChI=1S/C20H32N2O2.2C4H6O6.C3H6O2/c1-17-16-22(10-6-9-21-11-13-24-14-12-21)18(2)15-20(17,23)19-7-4-3-5-8-19;2*5-1(3(7)8)2(6)4(9)10;1-2-3(4)5/h3-5,7-8,17-18,23H,6,9-16H2,1-2H3;2*1-2,5-6H,(H,7,8)(H,9,10);2H2,1H3,(H,4,5). The molecule has 0 radical (unpaired) electrons. The molecule has 10 N–H and O–H groups in total. The molecule has 2 saturated heterocycles. The van der Waals surface area contributed by atoms with Crippen LogP contribution in [0.25, 0.3) is 0 Å². The zero-order valence-corrected chi connectivity index (χ0v) is 27.7. The van der Waals surface area contributed by atoms with Crippen molar-refractivity contribution in [3.05, 3.63) is 35.9 Å². The normalized spacial score (nSPS) is 23.3. The van der Waals surface area contributed by atoms with Crippen molar-refractivity contribution in [2.75, 3.05) is 45.9 Å². The number of nitrogens with zero attached hydrogens (tertiary/aromatic N) is 2. The quantitative estimate of drug-likeness (QED) is 0.119. The van der Waals surface area contributed by atoms with Crippen molar-refractivity contribution in [2.24, 2.45) is 5.92 Å². The van der Waals surface area contributed by atoms with Crippen molar-refractivity contribution < 1.29 is 79.8 Å². The fraction of sp³-hybridized carbons (Fsp3) is 0.645. The van der Waals surface area contributed by atoms with Crippen LogP contribution in [0, 0.1) is 5.92 Å². The molecular weight excluding hydrogens is 656 g/mol. The molecule has 0 saturated carbocycles. The van der Waals surface area contributed by atoms with E-state index in [1.807, 2.05) is 18.2 Å². The summed E-state index contributed by atoms with van der Waals surface area (Å²) in [6, 6.07) is 10.6. The van der Waals surface area contributed by atoms with Crippen LogP contribution < -0.4 is 0 Å². The monoisotopic (exact) mass is 706 g/mol. The van der Waals surface area contributed by atoms with E-state index >= 15 is 0 Å². The second-order valence-electron chi connectivity index (χ2n) is 11.4. The molecule has 0 aliphatic carbocycles. The summed E-state index contributed by atoms with van der Waals surface area (Å²) in [6.07, 6.45) is -6.83. The molecule has 2 heterocycles. The van der Waals surface area contributed by atoms with E-state index in [0.717, 1.165) is 57.9 Å². The van der Waals surface area contributed by atoms with Gasteiger partial charge in [-0.3, -0.25) is 9.69 Å². The Labute approximate surface area is 283 Å². The van der Waals surface area contributed by atoms with Gasteiger partial charge >= 0.3 is 29.8 Å². The Morgan fingerprint density at radius 3 is 1.55 bits per heavy atom. The van der Waals surface area contributed by atoms with E-state index in [4.69, 9.17) is 50.7 Å². The molecule has 0 bridgehead atoms. The number of ether oxygens (including phenoxy) is 1. The van der Waals surface area contributed by atoms with Gasteiger partial charge in [0.2, 0.25) is 0 Å². The van der Waals surface area contributed by atoms with Crippen molar-refractivity contribution in [3.63, 3.8) is 0 Å². The van der Waals surface area contributed by atoms with E-state index in [0.29, 0.717) is 6.04 Å². The van der Waals surface area contributed by atoms with Gasteiger partial charge in [-0.15, -0.1) is 0 Å². The van der Waals surface area contributed by atoms with Crippen LogP contribution in [0.4, 0.5) is 0 Å². The third kappa shape index (κ3) is 16.5. The third-order valence-electron chi connectivity index (χ3n) is 7.76. The van der Waals surface area contributed by atoms with Crippen LogP contribution in [-0.4, -0.2) is 167 Å². The summed E-state index contributed by atoms with van der Waals surface area (Å²) >= 11 is 0. The molecule has 18 nitrogen and oxygen atoms in total. The van der Waals surface area contributed by atoms with E-state index in [1.54, 1.807) is 6.92 Å². The molecule has 280 valence electrons. The average Bonchev–Trinajstić information content (AvgIpc) is 3.07. The second-order valence-corrected chi connectivity index (χ2v) is 11.4. The van der Waals surface area contributed by atoms with Crippen molar-refractivity contribution in [3.8, 4) is 0 Å². The van der Waals surface area contributed by atoms with Crippen LogP contribution in [0.1, 0.15) is 45.6 Å². The Morgan fingerprint density at radius 2 is 1.18 bits per heavy atom. The molecule has 0 amide bonds. The highest BCUT2D eigenvalue weighted by atomic mass is 16.5. The Morgan fingerprint density at radius 1 is 0.776 bits per heavy atom. The average molecular weight is 707 g/mol. The van der Waals surface area contributed by atoms with Crippen LogP contribution in [0.15, 0.2) is 30.3 Å². The summed E-state index contributed by atoms with van der Waals surface area (Å²) in [4.78, 5) is 53.5. The van der Waals surface area contributed by atoms with Gasteiger partial charge in [0.25, 0.3) is 0 Å². The summed E-state index contributed by atoms with van der Waals surface area (Å²) in [5.74, 6) is -7.57. The topological polar surface area (TPSA) is 303 Å². The summed E-state index contributed by atoms with van der Waals surface area (Å²) in [7, 11) is 0. The molecule has 0 aromatic heterocycles. The summed E-state index contributed by atoms with van der Waals surface area (Å²) in [5.41, 5.74) is 0.374. The first kappa shape index (κ1) is 45.2. The summed E-state index contributed by atoms with van der Waals surface area (Å²) < 4.78 is 5.41. The van der Waals surface area contributed by atoms with Gasteiger partial charge in [-0.05, 0) is 38.4 Å². The van der Waals surface area contributed by atoms with Crippen molar-refractivity contribution in [1.29, 1.82) is 0 Å². The van der Waals surface area contributed by atoms with E-state index in [2.05, 4.69) is 35.8 Å². The highest BCUT2D eigenvalue weighted by Gasteiger charge is 2.43. The number of carboxylic acids is 5. The van der Waals surface area contributed by atoms with E-state index < -0.39 is 59.9 Å². The van der Waals surface area contributed by atoms with Gasteiger partial charge in [-0.25, -0.2) is 19.2 Å². The maximum Gasteiger partial charge on any atom is 0.335 e. The third-order valence-corrected chi connectivity index (χ3v) is 7.76. The van der Waals surface area contributed by atoms with E-state index in [9.17, 15) is 29.1 Å². The molecule has 7 atom stereocenters. The lowest BCUT2D eigenvalue weighted by Crippen LogP contribution is -2.53. The predicted octanol–water partition coefficient (Wildman–Crippen LogP) is -1.44. The van der Waals surface area contributed by atoms with Crippen LogP contribution in [0.2, 0.25) is 0 Å². The van der Waals surface area contributed by atoms with Gasteiger partial charge in [0.05, 0.1) is 18.8 Å². The molecule has 7 unspecified atom stereocenters. The minimum absolute atomic E-state index is 0.222. The van der Waals surface area contributed by atoms with Crippen LogP contribution in [0.5, 0.6) is 0 Å². The molecule has 3 rings (SSSR count). The van der Waals surface area contributed by atoms with Crippen LogP contribution in [0.3, 0.4) is 0 Å². The maximum absolute atomic E-state index is 11.3. The number of aliphatic hydroxyl groups is 5. The summed E-state index contributed by atoms with van der Waals surface area (Å²) in [6.45, 7) is 13.2. The van der Waals surface area contributed by atoms with Gasteiger partial charge in [-0.1, -0.05) is 44.2 Å². The molecule has 1 aromatic rings. The van der Waals surface area contributed by atoms with Crippen LogP contribution >= 0.6 is 0 Å². The van der Waals surface area contributed by atoms with Gasteiger partial charge in [0, 0.05) is 38.0 Å². The highest BCUT2D eigenvalue weighted by molar-refractivity contribution is 5.83. The zero-order chi connectivity index (χ0) is 37.9. The minimum Gasteiger partial charge on any atom is -0.481 e. The number of piperidine rings is 1. The number of benzene rings is 1. The molecular formula is C31H50N2O16. The molecule has 2 fully saturated rings. The van der Waals surface area contributed by atoms with E-state index in [1.165, 1.54) is 6.42 Å². The van der Waals surface area contributed by atoms with Gasteiger partial charge in [-0.2, -0.15) is 0 Å². The SMILES string of the molecule is CC1CC(O)(c2ccccc2)C(C)CN1CCCN1CCOCC1.CCC(=O)O.O=C(O)C(O)C(O)C(=O)O.O=C(O)C(O)C(O)C(=O)O. The number of aliphatic hydroxyl groups excluding tert-OH is 4. The fourth-order valence-electron chi connectivity index (χ4n) is 4.77. The number of carbonyl (C=O) groups is 5. The number of aliphatic carboxylic acids is 5. The fourth-order valence-corrected chi connectivity index (χ4v) is 4.77. The van der Waals surface area contributed by atoms with Crippen molar-refractivity contribution in [1.82, 2.24) is 9.80 Å². The first-order valence-electron chi connectivity index (χ1n) is 15.5. The Kier molecular flexibility index (Phi) is 21.1. The Hall–Kier alpha value is -3.75. The molecule has 1 aromatic carbocycles. The lowest BCUT2D eigenvalue weighted by atomic mass is 9.74. The Balaban J connectivity index is 0.000000764. The Bertz CT molecular complexity index is 1090. The smallest absolute Gasteiger partial charge is 0.335 e. The van der Waals surface area contributed by atoms with Gasteiger partial charge in [0.1, 0.15) is 0 Å². The number of likely N-dealkylation sites (tertiary alicyclic amines) is 1. The predicted molar refractivity (Wildman–Crippen MR) is 170 cm³/mol. The van der Waals surface area contributed by atoms with Gasteiger partial charge < -0.3 is 60.7 Å². The number of morpholine rings is 1. The molecule has 0 spiro atoms. The molecule has 2 aliphatic rings. The lowest BCUT2D eigenvalue weighted by Gasteiger charge is -2.47. The minimum atomic E-state index is -2.27. The number of rotatable bonds is 12. The molecule has 2 aliphatic heterocycles. The zero-order valence-electron chi connectivity index (χ0n) is 27.7. The number of hydrogen-bond acceptors (Lipinski definition) is 13. The molecule has 49 heavy (non-hydrogen) atoms. The van der Waals surface area contributed by atoms with Crippen molar-refractivity contribution >= 4 is 29.8 Å². The first-order valence-corrected chi connectivity index (χ1v) is 15.5. The number of carboxylic acid groups (broad SMARTS) is 5. The number of hydrogen-bond donors (Lipinski definition) is 10. The van der Waals surface area contributed by atoms with E-state index in [-0.39, 0.29) is 12.3 Å². The van der Waals surface area contributed by atoms with Crippen molar-refractivity contribution in [2.45, 2.75) is 76.1 Å². The largest absolute Gasteiger partial charge is 0.481 e. The summed E-state index contributed by atoms with van der Waals surface area (Å²) in [5, 5.41) is 84.1. The van der Waals surface area contributed by atoms with Gasteiger partial charge in [0.15, 0.2) is 24.4 Å².